The molecule has 1 heterocycles. The van der Waals surface area contributed by atoms with E-state index in [9.17, 15) is 19.2 Å². The van der Waals surface area contributed by atoms with E-state index in [0.29, 0.717) is 4.47 Å². The van der Waals surface area contributed by atoms with Crippen LogP contribution in [0.15, 0.2) is 22.7 Å². The van der Waals surface area contributed by atoms with Gasteiger partial charge in [0, 0.05) is 10.0 Å². The largest absolute Gasteiger partial charge is 0.468 e. The van der Waals surface area contributed by atoms with Crippen molar-refractivity contribution in [3.05, 3.63) is 33.8 Å². The Morgan fingerprint density at radius 3 is 2.62 bits per heavy atom. The highest BCUT2D eigenvalue weighted by atomic mass is 79.9. The summed E-state index contributed by atoms with van der Waals surface area (Å²) in [4.78, 5) is 47.7. The maximum Gasteiger partial charge on any atom is 0.326 e. The molecule has 3 N–H and O–H groups in total. The fourth-order valence-corrected chi connectivity index (χ4v) is 2.71. The molecule has 0 aromatic heterocycles. The van der Waals surface area contributed by atoms with Crippen molar-refractivity contribution in [2.45, 2.75) is 11.8 Å². The number of imide groups is 1. The van der Waals surface area contributed by atoms with Gasteiger partial charge in [0.1, 0.15) is 0 Å². The molecule has 3 amide bonds. The number of amides is 3. The van der Waals surface area contributed by atoms with Crippen LogP contribution in [-0.2, 0) is 24.5 Å². The second-order valence-corrected chi connectivity index (χ2v) is 5.43. The van der Waals surface area contributed by atoms with Crippen LogP contribution in [0.5, 0.6) is 0 Å². The normalized spacial score (nSPS) is 20.5. The number of nitrogens with two attached hydrogens (primary N) is 1. The molecule has 0 fully saturated rings. The van der Waals surface area contributed by atoms with Gasteiger partial charge in [-0.25, -0.2) is 0 Å². The number of halogens is 1. The molecule has 0 saturated carbocycles. The van der Waals surface area contributed by atoms with Crippen molar-refractivity contribution in [3.8, 4) is 0 Å². The van der Waals surface area contributed by atoms with Crippen LogP contribution in [0.1, 0.15) is 22.3 Å². The van der Waals surface area contributed by atoms with E-state index < -0.39 is 35.5 Å². The predicted octanol–water partition coefficient (Wildman–Crippen LogP) is 0.00530. The highest BCUT2D eigenvalue weighted by Gasteiger charge is 2.54. The van der Waals surface area contributed by atoms with Crippen molar-refractivity contribution >= 4 is 39.6 Å². The molecule has 21 heavy (non-hydrogen) atoms. The third kappa shape index (κ3) is 2.31. The minimum atomic E-state index is -1.96. The summed E-state index contributed by atoms with van der Waals surface area (Å²) in [6, 6.07) is 4.46. The van der Waals surface area contributed by atoms with E-state index in [2.05, 4.69) is 26.0 Å². The first-order chi connectivity index (χ1) is 9.82. The van der Waals surface area contributed by atoms with Crippen LogP contribution >= 0.6 is 15.9 Å². The van der Waals surface area contributed by atoms with Gasteiger partial charge < -0.3 is 10.5 Å². The lowest BCUT2D eigenvalue weighted by molar-refractivity contribution is -0.154. The second kappa shape index (κ2) is 5.28. The van der Waals surface area contributed by atoms with Gasteiger partial charge in [-0.3, -0.25) is 24.5 Å². The SMILES string of the molecule is COC(=O)C1(CC(N)=O)C(=O)NC(=O)c2ccc(Br)cc21. The van der Waals surface area contributed by atoms with Gasteiger partial charge in [-0.2, -0.15) is 0 Å². The van der Waals surface area contributed by atoms with E-state index in [0.717, 1.165) is 7.11 Å². The molecule has 110 valence electrons. The Kier molecular flexibility index (Phi) is 3.82. The molecule has 0 spiro atoms. The quantitative estimate of drug-likeness (QED) is 0.450. The lowest BCUT2D eigenvalue weighted by Crippen LogP contribution is -2.58. The van der Waals surface area contributed by atoms with E-state index in [4.69, 9.17) is 5.73 Å². The molecule has 2 rings (SSSR count). The van der Waals surface area contributed by atoms with Crippen LogP contribution < -0.4 is 11.1 Å². The molecular formula is C13H11BrN2O5. The lowest BCUT2D eigenvalue weighted by atomic mass is 9.72. The number of hydrogen-bond acceptors (Lipinski definition) is 5. The molecule has 1 unspecified atom stereocenters. The van der Waals surface area contributed by atoms with Crippen molar-refractivity contribution < 1.29 is 23.9 Å². The smallest absolute Gasteiger partial charge is 0.326 e. The average molecular weight is 355 g/mol. The number of hydrogen-bond donors (Lipinski definition) is 2. The summed E-state index contributed by atoms with van der Waals surface area (Å²) in [5.41, 5.74) is 3.41. The van der Waals surface area contributed by atoms with Gasteiger partial charge in [-0.1, -0.05) is 15.9 Å². The number of ether oxygens (including phenoxy) is 1. The molecule has 8 heteroatoms. The van der Waals surface area contributed by atoms with Gasteiger partial charge >= 0.3 is 5.97 Å². The molecule has 1 aliphatic heterocycles. The summed E-state index contributed by atoms with van der Waals surface area (Å²) in [6.45, 7) is 0. The van der Waals surface area contributed by atoms with E-state index in [-0.39, 0.29) is 11.1 Å². The molecule has 1 aromatic rings. The topological polar surface area (TPSA) is 116 Å². The highest BCUT2D eigenvalue weighted by molar-refractivity contribution is 9.10. The van der Waals surface area contributed by atoms with Gasteiger partial charge in [0.05, 0.1) is 13.5 Å². The first-order valence-electron chi connectivity index (χ1n) is 5.85. The third-order valence-corrected chi connectivity index (χ3v) is 3.77. The second-order valence-electron chi connectivity index (χ2n) is 4.51. The molecule has 1 aliphatic rings. The maximum absolute atomic E-state index is 12.3. The molecular weight excluding hydrogens is 344 g/mol. The molecule has 7 nitrogen and oxygen atoms in total. The number of benzene rings is 1. The highest BCUT2D eigenvalue weighted by Crippen LogP contribution is 2.37. The van der Waals surface area contributed by atoms with Crippen molar-refractivity contribution in [1.82, 2.24) is 5.32 Å². The molecule has 0 bridgehead atoms. The van der Waals surface area contributed by atoms with E-state index in [1.807, 2.05) is 0 Å². The van der Waals surface area contributed by atoms with Crippen LogP contribution in [-0.4, -0.2) is 30.8 Å². The molecule has 1 aromatic carbocycles. The Labute approximate surface area is 127 Å². The minimum Gasteiger partial charge on any atom is -0.468 e. The zero-order valence-corrected chi connectivity index (χ0v) is 12.5. The monoisotopic (exact) mass is 354 g/mol. The first-order valence-corrected chi connectivity index (χ1v) is 6.64. The average Bonchev–Trinajstić information content (AvgIpc) is 2.42. The Bertz CT molecular complexity index is 673. The van der Waals surface area contributed by atoms with Gasteiger partial charge in [0.15, 0.2) is 5.41 Å². The summed E-state index contributed by atoms with van der Waals surface area (Å²) >= 11 is 3.21. The van der Waals surface area contributed by atoms with Crippen molar-refractivity contribution in [2.75, 3.05) is 7.11 Å². The molecule has 1 atom stereocenters. The van der Waals surface area contributed by atoms with Gasteiger partial charge in [-0.05, 0) is 23.8 Å². The number of carbonyl (C=O) groups is 4. The Hall–Kier alpha value is -2.22. The minimum absolute atomic E-state index is 0.0938. The fourth-order valence-electron chi connectivity index (χ4n) is 2.35. The van der Waals surface area contributed by atoms with E-state index >= 15 is 0 Å². The van der Waals surface area contributed by atoms with Gasteiger partial charge in [-0.15, -0.1) is 0 Å². The molecule has 0 aliphatic carbocycles. The van der Waals surface area contributed by atoms with Crippen molar-refractivity contribution in [1.29, 1.82) is 0 Å². The number of rotatable bonds is 3. The zero-order valence-electron chi connectivity index (χ0n) is 10.9. The van der Waals surface area contributed by atoms with Crippen LogP contribution in [0.3, 0.4) is 0 Å². The fraction of sp³-hybridized carbons (Fsp3) is 0.231. The number of primary amides is 1. The summed E-state index contributed by atoms with van der Waals surface area (Å²) in [7, 11) is 1.09. The van der Waals surface area contributed by atoms with E-state index in [1.54, 1.807) is 6.07 Å². The Balaban J connectivity index is 2.79. The molecule has 0 radical (unpaired) electrons. The van der Waals surface area contributed by atoms with Crippen LogP contribution in [0.25, 0.3) is 0 Å². The number of fused-ring (bicyclic) bond motifs is 1. The number of methoxy groups -OCH3 is 1. The van der Waals surface area contributed by atoms with Crippen LogP contribution in [0.4, 0.5) is 0 Å². The van der Waals surface area contributed by atoms with Crippen LogP contribution in [0.2, 0.25) is 0 Å². The lowest BCUT2D eigenvalue weighted by Gasteiger charge is -2.33. The Morgan fingerprint density at radius 1 is 1.38 bits per heavy atom. The number of nitrogens with one attached hydrogen (secondary N) is 1. The standard InChI is InChI=1S/C13H11BrN2O5/c1-21-12(20)13(5-9(15)17)8-4-6(14)2-3-7(8)10(18)16-11(13)19/h2-4H,5H2,1H3,(H2,15,17)(H,16,18,19). The Morgan fingerprint density at radius 2 is 2.05 bits per heavy atom. The third-order valence-electron chi connectivity index (χ3n) is 3.27. The van der Waals surface area contributed by atoms with Gasteiger partial charge in [0.2, 0.25) is 11.8 Å². The summed E-state index contributed by atoms with van der Waals surface area (Å²) in [6.07, 6.45) is -0.595. The van der Waals surface area contributed by atoms with Gasteiger partial charge in [0.25, 0.3) is 5.91 Å². The van der Waals surface area contributed by atoms with Crippen LogP contribution in [0, 0.1) is 0 Å². The van der Waals surface area contributed by atoms with Crippen molar-refractivity contribution in [2.24, 2.45) is 5.73 Å². The van der Waals surface area contributed by atoms with E-state index in [1.165, 1.54) is 12.1 Å². The maximum atomic E-state index is 12.3. The zero-order chi connectivity index (χ0) is 15.8. The molecule has 0 saturated heterocycles. The summed E-state index contributed by atoms with van der Waals surface area (Å²) < 4.78 is 5.21. The number of carbonyl (C=O) groups excluding carboxylic acids is 4. The van der Waals surface area contributed by atoms with Crippen molar-refractivity contribution in [3.63, 3.8) is 0 Å². The summed E-state index contributed by atoms with van der Waals surface area (Å²) in [5.74, 6) is -3.39. The summed E-state index contributed by atoms with van der Waals surface area (Å²) in [5, 5.41) is 2.06. The number of esters is 1. The predicted molar refractivity (Wildman–Crippen MR) is 74.1 cm³/mol. The first kappa shape index (κ1) is 15.2.